The van der Waals surface area contributed by atoms with E-state index in [0.29, 0.717) is 29.5 Å². The van der Waals surface area contributed by atoms with Gasteiger partial charge in [-0.05, 0) is 18.2 Å². The van der Waals surface area contributed by atoms with Crippen LogP contribution in [-0.4, -0.2) is 49.1 Å². The number of hydrogen-bond acceptors (Lipinski definition) is 5. The van der Waals surface area contributed by atoms with Crippen molar-refractivity contribution in [2.24, 2.45) is 0 Å². The zero-order chi connectivity index (χ0) is 21.3. The van der Waals surface area contributed by atoms with Crippen LogP contribution < -0.4 is 10.5 Å². The van der Waals surface area contributed by atoms with E-state index in [1.54, 1.807) is 0 Å². The summed E-state index contributed by atoms with van der Waals surface area (Å²) in [5, 5.41) is 7.16. The fraction of sp³-hybridized carbons (Fsp3) is 0.200. The minimum Gasteiger partial charge on any atom is -0.367 e. The summed E-state index contributed by atoms with van der Waals surface area (Å²) in [6.07, 6.45) is 0. The second-order valence-electron chi connectivity index (χ2n) is 6.80. The summed E-state index contributed by atoms with van der Waals surface area (Å²) in [7, 11) is -3.75. The third-order valence-electron chi connectivity index (χ3n) is 4.93. The zero-order valence-corrected chi connectivity index (χ0v) is 18.1. The van der Waals surface area contributed by atoms with Gasteiger partial charge in [-0.1, -0.05) is 53.5 Å². The fourth-order valence-corrected chi connectivity index (χ4v) is 5.60. The van der Waals surface area contributed by atoms with Gasteiger partial charge in [-0.2, -0.15) is 9.40 Å². The van der Waals surface area contributed by atoms with Gasteiger partial charge in [-0.25, -0.2) is 13.5 Å². The molecule has 1 fully saturated rings. The Kier molecular flexibility index (Phi) is 5.84. The van der Waals surface area contributed by atoms with E-state index in [9.17, 15) is 13.2 Å². The number of halogens is 2. The third kappa shape index (κ3) is 4.09. The normalized spacial score (nSPS) is 15.3. The van der Waals surface area contributed by atoms with E-state index in [1.165, 1.54) is 28.6 Å². The maximum absolute atomic E-state index is 13.0. The Morgan fingerprint density at radius 3 is 2.30 bits per heavy atom. The highest BCUT2D eigenvalue weighted by atomic mass is 35.5. The quantitative estimate of drug-likeness (QED) is 0.640. The van der Waals surface area contributed by atoms with Gasteiger partial charge in [0, 0.05) is 42.8 Å². The highest BCUT2D eigenvalue weighted by Gasteiger charge is 2.31. The minimum atomic E-state index is -3.75. The first-order valence-electron chi connectivity index (χ1n) is 9.21. The molecule has 0 bridgehead atoms. The first-order chi connectivity index (χ1) is 14.4. The number of anilines is 1. The van der Waals surface area contributed by atoms with Crippen molar-refractivity contribution in [2.75, 3.05) is 31.1 Å². The van der Waals surface area contributed by atoms with Crippen molar-refractivity contribution >= 4 is 38.9 Å². The smallest absolute Gasteiger partial charge is 0.266 e. The van der Waals surface area contributed by atoms with E-state index in [-0.39, 0.29) is 28.6 Å². The number of nitrogens with one attached hydrogen (secondary N) is 1. The topological polar surface area (TPSA) is 86.4 Å². The molecule has 2 aromatic carbocycles. The summed E-state index contributed by atoms with van der Waals surface area (Å²) < 4.78 is 27.4. The lowest BCUT2D eigenvalue weighted by Gasteiger charge is -2.36. The van der Waals surface area contributed by atoms with Crippen molar-refractivity contribution < 1.29 is 8.42 Å². The van der Waals surface area contributed by atoms with E-state index >= 15 is 0 Å². The molecule has 0 spiro atoms. The van der Waals surface area contributed by atoms with Crippen LogP contribution in [0.4, 0.5) is 5.69 Å². The lowest BCUT2D eigenvalue weighted by atomic mass is 10.1. The maximum Gasteiger partial charge on any atom is 0.266 e. The molecule has 4 rings (SSSR count). The van der Waals surface area contributed by atoms with Crippen LogP contribution in [0.1, 0.15) is 0 Å². The summed E-state index contributed by atoms with van der Waals surface area (Å²) >= 11 is 12.0. The summed E-state index contributed by atoms with van der Waals surface area (Å²) in [5.41, 5.74) is 1.87. The summed E-state index contributed by atoms with van der Waals surface area (Å²) in [4.78, 5) is 13.9. The molecule has 0 unspecified atom stereocenters. The molecule has 1 aromatic heterocycles. The average molecular weight is 465 g/mol. The second-order valence-corrected chi connectivity index (χ2v) is 9.55. The lowest BCUT2D eigenvalue weighted by Crippen LogP contribution is -2.49. The van der Waals surface area contributed by atoms with Crippen LogP contribution in [0.15, 0.2) is 64.3 Å². The molecule has 1 saturated heterocycles. The molecule has 10 heteroatoms. The largest absolute Gasteiger partial charge is 0.367 e. The van der Waals surface area contributed by atoms with Gasteiger partial charge >= 0.3 is 0 Å². The van der Waals surface area contributed by atoms with Crippen LogP contribution in [0.25, 0.3) is 11.3 Å². The summed E-state index contributed by atoms with van der Waals surface area (Å²) in [6.45, 7) is 1.33. The molecule has 0 aliphatic carbocycles. The number of hydrogen-bond donors (Lipinski definition) is 1. The molecule has 0 atom stereocenters. The molecule has 7 nitrogen and oxygen atoms in total. The van der Waals surface area contributed by atoms with Gasteiger partial charge in [0.15, 0.2) is 0 Å². The molecule has 1 aliphatic heterocycles. The molecular weight excluding hydrogens is 447 g/mol. The average Bonchev–Trinajstić information content (AvgIpc) is 2.74. The Labute approximate surface area is 183 Å². The molecule has 30 heavy (non-hydrogen) atoms. The minimum absolute atomic E-state index is 0.0322. The van der Waals surface area contributed by atoms with Crippen molar-refractivity contribution in [3.05, 3.63) is 75.0 Å². The van der Waals surface area contributed by atoms with Crippen molar-refractivity contribution in [1.29, 1.82) is 0 Å². The van der Waals surface area contributed by atoms with Gasteiger partial charge in [-0.15, -0.1) is 0 Å². The SMILES string of the molecule is O=c1cc(N2CCN(S(=O)(=O)c3ccc(Cl)cc3Cl)CC2)c(-c2ccccc2)n[nH]1. The van der Waals surface area contributed by atoms with Crippen LogP contribution in [0.2, 0.25) is 10.0 Å². The van der Waals surface area contributed by atoms with Crippen molar-refractivity contribution in [2.45, 2.75) is 4.90 Å². The first kappa shape index (κ1) is 20.9. The molecule has 3 aromatic rings. The molecule has 0 saturated carbocycles. The first-order valence-corrected chi connectivity index (χ1v) is 11.4. The number of aromatic nitrogens is 2. The Balaban J connectivity index is 1.58. The molecule has 0 radical (unpaired) electrons. The Bertz CT molecular complexity index is 1220. The van der Waals surface area contributed by atoms with Crippen LogP contribution >= 0.6 is 23.2 Å². The number of piperazine rings is 1. The van der Waals surface area contributed by atoms with Crippen molar-refractivity contribution in [1.82, 2.24) is 14.5 Å². The van der Waals surface area contributed by atoms with Gasteiger partial charge in [-0.3, -0.25) is 4.79 Å². The predicted octanol–water partition coefficient (Wildman–Crippen LogP) is 3.25. The van der Waals surface area contributed by atoms with E-state index in [1.807, 2.05) is 35.2 Å². The number of sulfonamides is 1. The Morgan fingerprint density at radius 1 is 0.933 bits per heavy atom. The van der Waals surface area contributed by atoms with Crippen LogP contribution in [-0.2, 0) is 10.0 Å². The number of nitrogens with zero attached hydrogens (tertiary/aromatic N) is 3. The van der Waals surface area contributed by atoms with Gasteiger partial charge in [0.05, 0.1) is 10.7 Å². The van der Waals surface area contributed by atoms with Gasteiger partial charge in [0.1, 0.15) is 10.6 Å². The highest BCUT2D eigenvalue weighted by Crippen LogP contribution is 2.31. The van der Waals surface area contributed by atoms with Crippen LogP contribution in [0, 0.1) is 0 Å². The highest BCUT2D eigenvalue weighted by molar-refractivity contribution is 7.89. The van der Waals surface area contributed by atoms with Crippen LogP contribution in [0.3, 0.4) is 0 Å². The van der Waals surface area contributed by atoms with E-state index in [4.69, 9.17) is 23.2 Å². The number of aromatic amines is 1. The molecule has 0 amide bonds. The van der Waals surface area contributed by atoms with Crippen molar-refractivity contribution in [3.8, 4) is 11.3 Å². The lowest BCUT2D eigenvalue weighted by molar-refractivity contribution is 0.385. The molecule has 1 N–H and O–H groups in total. The standard InChI is InChI=1S/C20H18Cl2N4O3S/c21-15-6-7-18(16(22)12-15)30(28,29)26-10-8-25(9-11-26)17-13-19(27)23-24-20(17)14-4-2-1-3-5-14/h1-7,12-13H,8-11H2,(H,23,27). The Morgan fingerprint density at radius 2 is 1.63 bits per heavy atom. The second kappa shape index (κ2) is 8.39. The van der Waals surface area contributed by atoms with E-state index in [0.717, 1.165) is 5.56 Å². The van der Waals surface area contributed by atoms with E-state index < -0.39 is 10.0 Å². The number of rotatable bonds is 4. The summed E-state index contributed by atoms with van der Waals surface area (Å²) in [5.74, 6) is 0. The van der Waals surface area contributed by atoms with Gasteiger partial charge < -0.3 is 4.90 Å². The molecule has 156 valence electrons. The fourth-order valence-electron chi connectivity index (χ4n) is 3.44. The molecule has 1 aliphatic rings. The monoisotopic (exact) mass is 464 g/mol. The summed E-state index contributed by atoms with van der Waals surface area (Å²) in [6, 6.07) is 15.3. The molecular formula is C20H18Cl2N4O3S. The Hall–Kier alpha value is -2.39. The zero-order valence-electron chi connectivity index (χ0n) is 15.8. The van der Waals surface area contributed by atoms with Gasteiger partial charge in [0.2, 0.25) is 10.0 Å². The predicted molar refractivity (Wildman–Crippen MR) is 118 cm³/mol. The third-order valence-corrected chi connectivity index (χ3v) is 7.54. The number of benzene rings is 2. The van der Waals surface area contributed by atoms with Crippen molar-refractivity contribution in [3.63, 3.8) is 0 Å². The molecule has 2 heterocycles. The maximum atomic E-state index is 13.0. The van der Waals surface area contributed by atoms with E-state index in [2.05, 4.69) is 10.2 Å². The van der Waals surface area contributed by atoms with Gasteiger partial charge in [0.25, 0.3) is 5.56 Å². The number of H-pyrrole nitrogens is 1. The van der Waals surface area contributed by atoms with Crippen LogP contribution in [0.5, 0.6) is 0 Å².